The molecule has 1 aliphatic carbocycles. The van der Waals surface area contributed by atoms with Crippen LogP contribution in [0.1, 0.15) is 92.6 Å². The molecule has 0 spiro atoms. The van der Waals surface area contributed by atoms with Crippen molar-refractivity contribution in [1.82, 2.24) is 15.2 Å². The van der Waals surface area contributed by atoms with Crippen molar-refractivity contribution in [3.63, 3.8) is 0 Å². The molecular weight excluding hydrogens is 495 g/mol. The van der Waals surface area contributed by atoms with Crippen LogP contribution in [0.4, 0.5) is 13.2 Å². The van der Waals surface area contributed by atoms with Crippen LogP contribution in [0.15, 0.2) is 36.5 Å². The predicted molar refractivity (Wildman–Crippen MR) is 139 cm³/mol. The summed E-state index contributed by atoms with van der Waals surface area (Å²) in [4.78, 5) is 32.0. The number of pyridine rings is 1. The van der Waals surface area contributed by atoms with Crippen LogP contribution < -0.4 is 5.32 Å². The highest BCUT2D eigenvalue weighted by Crippen LogP contribution is 2.40. The number of rotatable bonds is 8. The number of esters is 1. The normalized spacial score (nSPS) is 19.3. The molecular formula is C29H38F3N3O3. The first kappa shape index (κ1) is 28.1. The molecule has 2 aliphatic rings. The molecule has 4 rings (SSSR count). The number of carbonyl (C=O) groups is 2. The van der Waals surface area contributed by atoms with Gasteiger partial charge < -0.3 is 10.1 Å². The first-order chi connectivity index (χ1) is 18.0. The monoisotopic (exact) mass is 533 g/mol. The number of carbonyl (C=O) groups excluding carboxylic acids is 2. The van der Waals surface area contributed by atoms with Gasteiger partial charge in [0.1, 0.15) is 0 Å². The number of hydrogen-bond donors (Lipinski definition) is 1. The van der Waals surface area contributed by atoms with Crippen molar-refractivity contribution in [2.75, 3.05) is 13.7 Å². The quantitative estimate of drug-likeness (QED) is 0.403. The SMILES string of the molecule is COC(=O)CC1(CNC(=O)c2cnc3c(c2)CN(Cc2ccc(C(F)(F)F)cc2)[C@H]3C(C)C)CCCCC1.[HH]. The molecule has 38 heavy (non-hydrogen) atoms. The fourth-order valence-electron chi connectivity index (χ4n) is 5.92. The van der Waals surface area contributed by atoms with Gasteiger partial charge in [0, 0.05) is 27.3 Å². The fourth-order valence-corrected chi connectivity index (χ4v) is 5.92. The second-order valence-corrected chi connectivity index (χ2v) is 11.1. The smallest absolute Gasteiger partial charge is 0.416 e. The summed E-state index contributed by atoms with van der Waals surface area (Å²) in [6, 6.07) is 7.13. The maximum absolute atomic E-state index is 13.1. The number of alkyl halides is 3. The third kappa shape index (κ3) is 6.37. The molecule has 0 saturated heterocycles. The van der Waals surface area contributed by atoms with Crippen molar-refractivity contribution in [1.29, 1.82) is 0 Å². The minimum Gasteiger partial charge on any atom is -0.469 e. The standard InChI is InChI=1S/C29H36F3N3O3.H2/c1-19(2)26-25-22(17-35(26)16-20-7-9-23(10-8-20)29(30,31)32)13-21(15-33-25)27(37)34-18-28(14-24(36)38-3)11-5-4-6-12-28;/h7-10,13,15,19,26H,4-6,11-12,14,16-18H2,1-3H3,(H,34,37);1H/t26-;/m0./s1. The van der Waals surface area contributed by atoms with E-state index in [1.54, 1.807) is 6.20 Å². The van der Waals surface area contributed by atoms with E-state index in [9.17, 15) is 22.8 Å². The predicted octanol–water partition coefficient (Wildman–Crippen LogP) is 6.30. The van der Waals surface area contributed by atoms with E-state index in [-0.39, 0.29) is 30.7 Å². The van der Waals surface area contributed by atoms with Gasteiger partial charge >= 0.3 is 12.1 Å². The van der Waals surface area contributed by atoms with Crippen LogP contribution in [0, 0.1) is 11.3 Å². The maximum atomic E-state index is 13.1. The average Bonchev–Trinajstić information content (AvgIpc) is 3.24. The molecule has 2 heterocycles. The number of nitrogens with one attached hydrogen (secondary N) is 1. The zero-order chi connectivity index (χ0) is 27.5. The number of hydrogen-bond acceptors (Lipinski definition) is 5. The van der Waals surface area contributed by atoms with Gasteiger partial charge in [0.2, 0.25) is 0 Å². The van der Waals surface area contributed by atoms with E-state index >= 15 is 0 Å². The Kier molecular flexibility index (Phi) is 8.45. The van der Waals surface area contributed by atoms with Gasteiger partial charge in [-0.3, -0.25) is 19.5 Å². The van der Waals surface area contributed by atoms with Crippen LogP contribution >= 0.6 is 0 Å². The molecule has 0 unspecified atom stereocenters. The Morgan fingerprint density at radius 3 is 2.47 bits per heavy atom. The number of amides is 1. The molecule has 0 radical (unpaired) electrons. The van der Waals surface area contributed by atoms with E-state index in [1.165, 1.54) is 19.2 Å². The number of aromatic nitrogens is 1. The number of methoxy groups -OCH3 is 1. The molecule has 1 N–H and O–H groups in total. The molecule has 6 nitrogen and oxygen atoms in total. The third-order valence-corrected chi connectivity index (χ3v) is 7.89. The zero-order valence-electron chi connectivity index (χ0n) is 22.2. The summed E-state index contributed by atoms with van der Waals surface area (Å²) < 4.78 is 43.8. The molecule has 1 amide bonds. The van der Waals surface area contributed by atoms with E-state index in [2.05, 4.69) is 29.0 Å². The number of fused-ring (bicyclic) bond motifs is 1. The third-order valence-electron chi connectivity index (χ3n) is 7.89. The summed E-state index contributed by atoms with van der Waals surface area (Å²) in [6.45, 7) is 5.63. The van der Waals surface area contributed by atoms with Crippen LogP contribution in [0.25, 0.3) is 0 Å². The second-order valence-electron chi connectivity index (χ2n) is 11.1. The maximum Gasteiger partial charge on any atom is 0.416 e. The Morgan fingerprint density at radius 1 is 1.18 bits per heavy atom. The van der Waals surface area contributed by atoms with E-state index in [0.29, 0.717) is 31.6 Å². The largest absolute Gasteiger partial charge is 0.469 e. The van der Waals surface area contributed by atoms with Crippen LogP contribution in [0.2, 0.25) is 0 Å². The van der Waals surface area contributed by atoms with Gasteiger partial charge in [-0.05, 0) is 53.5 Å². The van der Waals surface area contributed by atoms with Crippen molar-refractivity contribution in [3.05, 3.63) is 64.5 Å². The average molecular weight is 534 g/mol. The van der Waals surface area contributed by atoms with Crippen molar-refractivity contribution in [3.8, 4) is 0 Å². The highest BCUT2D eigenvalue weighted by atomic mass is 19.4. The second kappa shape index (κ2) is 11.4. The number of nitrogens with zero attached hydrogens (tertiary/aromatic N) is 2. The summed E-state index contributed by atoms with van der Waals surface area (Å²) in [6.07, 6.45) is 2.46. The summed E-state index contributed by atoms with van der Waals surface area (Å²) >= 11 is 0. The van der Waals surface area contributed by atoms with Crippen LogP contribution in [-0.2, 0) is 28.8 Å². The topological polar surface area (TPSA) is 71.5 Å². The minimum absolute atomic E-state index is 0. The minimum atomic E-state index is -4.36. The van der Waals surface area contributed by atoms with Crippen molar-refractivity contribution >= 4 is 11.9 Å². The molecule has 0 bridgehead atoms. The molecule has 1 aliphatic heterocycles. The van der Waals surface area contributed by atoms with Gasteiger partial charge in [-0.2, -0.15) is 13.2 Å². The van der Waals surface area contributed by atoms with E-state index < -0.39 is 11.7 Å². The Hall–Kier alpha value is -2.94. The van der Waals surface area contributed by atoms with Gasteiger partial charge in [0.25, 0.3) is 5.91 Å². The van der Waals surface area contributed by atoms with Crippen LogP contribution in [-0.4, -0.2) is 35.4 Å². The van der Waals surface area contributed by atoms with Gasteiger partial charge in [-0.15, -0.1) is 0 Å². The lowest BCUT2D eigenvalue weighted by Crippen LogP contribution is -2.40. The van der Waals surface area contributed by atoms with Crippen molar-refractivity contribution < 1.29 is 28.9 Å². The number of ether oxygens (including phenoxy) is 1. The van der Waals surface area contributed by atoms with Crippen molar-refractivity contribution in [2.24, 2.45) is 11.3 Å². The highest BCUT2D eigenvalue weighted by Gasteiger charge is 2.37. The summed E-state index contributed by atoms with van der Waals surface area (Å²) in [5, 5.41) is 3.04. The summed E-state index contributed by atoms with van der Waals surface area (Å²) in [5.74, 6) is -0.257. The van der Waals surface area contributed by atoms with E-state index in [4.69, 9.17) is 4.74 Å². The number of halogens is 3. The molecule has 1 aromatic carbocycles. The van der Waals surface area contributed by atoms with Gasteiger partial charge in [-0.25, -0.2) is 0 Å². The molecule has 2 aromatic rings. The Balaban J connectivity index is 0.00000420. The van der Waals surface area contributed by atoms with Crippen molar-refractivity contribution in [2.45, 2.75) is 77.7 Å². The lowest BCUT2D eigenvalue weighted by atomic mass is 9.71. The lowest BCUT2D eigenvalue weighted by Gasteiger charge is -2.36. The number of benzene rings is 1. The fraction of sp³-hybridized carbons (Fsp3) is 0.552. The van der Waals surface area contributed by atoms with Gasteiger partial charge in [0.05, 0.1) is 36.4 Å². The van der Waals surface area contributed by atoms with Gasteiger partial charge in [-0.1, -0.05) is 45.2 Å². The lowest BCUT2D eigenvalue weighted by molar-refractivity contribution is -0.144. The Labute approximate surface area is 223 Å². The molecule has 208 valence electrons. The summed E-state index contributed by atoms with van der Waals surface area (Å²) in [5.41, 5.74) is 2.16. The molecule has 9 heteroatoms. The highest BCUT2D eigenvalue weighted by molar-refractivity contribution is 5.94. The first-order valence-electron chi connectivity index (χ1n) is 13.3. The molecule has 1 atom stereocenters. The Bertz CT molecular complexity index is 1150. The molecule has 1 fully saturated rings. The van der Waals surface area contributed by atoms with E-state index in [1.807, 2.05) is 6.07 Å². The first-order valence-corrected chi connectivity index (χ1v) is 13.3. The van der Waals surface area contributed by atoms with Crippen LogP contribution in [0.5, 0.6) is 0 Å². The molecule has 1 aromatic heterocycles. The van der Waals surface area contributed by atoms with E-state index in [0.717, 1.165) is 61.1 Å². The van der Waals surface area contributed by atoms with Crippen LogP contribution in [0.3, 0.4) is 0 Å². The zero-order valence-corrected chi connectivity index (χ0v) is 22.2. The summed E-state index contributed by atoms with van der Waals surface area (Å²) in [7, 11) is 1.39. The molecule has 1 saturated carbocycles. The van der Waals surface area contributed by atoms with Gasteiger partial charge in [0.15, 0.2) is 0 Å². The Morgan fingerprint density at radius 2 is 1.87 bits per heavy atom.